The summed E-state index contributed by atoms with van der Waals surface area (Å²) in [4.78, 5) is 2.42. The first kappa shape index (κ1) is 14.0. The Hall–Kier alpha value is -0.450. The predicted octanol–water partition coefficient (Wildman–Crippen LogP) is 3.15. The first-order valence-corrected chi connectivity index (χ1v) is 7.27. The second kappa shape index (κ2) is 6.13. The van der Waals surface area contributed by atoms with Gasteiger partial charge in [-0.3, -0.25) is 4.90 Å². The van der Waals surface area contributed by atoms with Crippen LogP contribution in [0.3, 0.4) is 0 Å². The van der Waals surface area contributed by atoms with E-state index >= 15 is 0 Å². The Kier molecular flexibility index (Phi) is 4.76. The van der Waals surface area contributed by atoms with Gasteiger partial charge in [0.25, 0.3) is 0 Å². The smallest absolute Gasteiger partial charge is 0.137 e. The van der Waals surface area contributed by atoms with Crippen LogP contribution in [0.4, 0.5) is 4.39 Å². The van der Waals surface area contributed by atoms with Crippen LogP contribution < -0.4 is 5.73 Å². The maximum Gasteiger partial charge on any atom is 0.137 e. The van der Waals surface area contributed by atoms with Gasteiger partial charge in [-0.2, -0.15) is 0 Å². The largest absolute Gasteiger partial charge is 0.329 e. The van der Waals surface area contributed by atoms with Crippen LogP contribution in [0.5, 0.6) is 0 Å². The number of halogens is 2. The van der Waals surface area contributed by atoms with Gasteiger partial charge in [-0.15, -0.1) is 0 Å². The average molecular weight is 315 g/mol. The molecule has 2 unspecified atom stereocenters. The topological polar surface area (TPSA) is 29.3 Å². The van der Waals surface area contributed by atoms with E-state index < -0.39 is 0 Å². The molecule has 1 aromatic carbocycles. The highest BCUT2D eigenvalue weighted by Gasteiger charge is 2.25. The molecule has 2 N–H and O–H groups in total. The van der Waals surface area contributed by atoms with Crippen LogP contribution in [0.15, 0.2) is 22.7 Å². The van der Waals surface area contributed by atoms with Gasteiger partial charge in [0.2, 0.25) is 0 Å². The molecule has 4 heteroatoms. The van der Waals surface area contributed by atoms with Crippen molar-refractivity contribution in [3.8, 4) is 0 Å². The van der Waals surface area contributed by atoms with Gasteiger partial charge in [0.1, 0.15) is 5.82 Å². The first-order valence-electron chi connectivity index (χ1n) is 6.48. The van der Waals surface area contributed by atoms with E-state index in [1.807, 2.05) is 12.1 Å². The summed E-state index contributed by atoms with van der Waals surface area (Å²) in [6.07, 6.45) is 2.39. The number of hydrogen-bond donors (Lipinski definition) is 1. The molecule has 1 heterocycles. The van der Waals surface area contributed by atoms with Crippen molar-refractivity contribution in [3.05, 3.63) is 34.1 Å². The number of nitrogens with zero attached hydrogens (tertiary/aromatic N) is 1. The predicted molar refractivity (Wildman–Crippen MR) is 75.8 cm³/mol. The zero-order chi connectivity index (χ0) is 13.1. The number of hydrogen-bond acceptors (Lipinski definition) is 2. The van der Waals surface area contributed by atoms with Crippen LogP contribution >= 0.6 is 15.9 Å². The molecule has 100 valence electrons. The van der Waals surface area contributed by atoms with E-state index in [9.17, 15) is 4.39 Å². The minimum atomic E-state index is -0.207. The van der Waals surface area contributed by atoms with Crippen LogP contribution in [-0.2, 0) is 6.54 Å². The summed E-state index contributed by atoms with van der Waals surface area (Å²) in [5.41, 5.74) is 6.99. The van der Waals surface area contributed by atoms with Crippen LogP contribution in [-0.4, -0.2) is 24.0 Å². The van der Waals surface area contributed by atoms with E-state index in [1.54, 1.807) is 0 Å². The van der Waals surface area contributed by atoms with E-state index in [-0.39, 0.29) is 5.82 Å². The highest BCUT2D eigenvalue weighted by atomic mass is 79.9. The molecule has 0 aromatic heterocycles. The highest BCUT2D eigenvalue weighted by molar-refractivity contribution is 9.10. The summed E-state index contributed by atoms with van der Waals surface area (Å²) in [7, 11) is 0. The maximum atomic E-state index is 13.2. The molecule has 1 saturated heterocycles. The van der Waals surface area contributed by atoms with E-state index in [0.29, 0.717) is 17.1 Å². The Bertz CT molecular complexity index is 411. The summed E-state index contributed by atoms with van der Waals surface area (Å²) in [6.45, 7) is 4.92. The Balaban J connectivity index is 2.05. The van der Waals surface area contributed by atoms with E-state index in [0.717, 1.165) is 24.6 Å². The summed E-state index contributed by atoms with van der Waals surface area (Å²) >= 11 is 3.23. The van der Waals surface area contributed by atoms with Gasteiger partial charge < -0.3 is 5.73 Å². The molecule has 1 aliphatic heterocycles. The lowest BCUT2D eigenvalue weighted by Crippen LogP contribution is -2.45. The van der Waals surface area contributed by atoms with E-state index in [4.69, 9.17) is 5.73 Å². The molecule has 2 nitrogen and oxygen atoms in total. The van der Waals surface area contributed by atoms with Crippen molar-refractivity contribution in [1.82, 2.24) is 4.90 Å². The zero-order valence-corrected chi connectivity index (χ0v) is 12.3. The highest BCUT2D eigenvalue weighted by Crippen LogP contribution is 2.25. The van der Waals surface area contributed by atoms with Crippen molar-refractivity contribution in [2.45, 2.75) is 32.4 Å². The molecule has 0 saturated carbocycles. The average Bonchev–Trinajstić information content (AvgIpc) is 2.36. The molecular formula is C14H20BrFN2. The third-order valence-corrected chi connectivity index (χ3v) is 4.35. The number of benzene rings is 1. The molecule has 0 aliphatic carbocycles. The molecular weight excluding hydrogens is 295 g/mol. The molecule has 1 aliphatic rings. The van der Waals surface area contributed by atoms with Crippen molar-refractivity contribution in [2.75, 3.05) is 13.1 Å². The summed E-state index contributed by atoms with van der Waals surface area (Å²) < 4.78 is 13.7. The quantitative estimate of drug-likeness (QED) is 0.928. The van der Waals surface area contributed by atoms with Gasteiger partial charge in [0.15, 0.2) is 0 Å². The van der Waals surface area contributed by atoms with Crippen LogP contribution in [0.25, 0.3) is 0 Å². The second-order valence-corrected chi connectivity index (χ2v) is 6.09. The van der Waals surface area contributed by atoms with Crippen LogP contribution in [0, 0.1) is 11.7 Å². The third kappa shape index (κ3) is 3.31. The molecule has 0 spiro atoms. The molecule has 2 atom stereocenters. The fourth-order valence-electron chi connectivity index (χ4n) is 2.63. The lowest BCUT2D eigenvalue weighted by Gasteiger charge is -2.38. The van der Waals surface area contributed by atoms with Crippen molar-refractivity contribution in [1.29, 1.82) is 0 Å². The Morgan fingerprint density at radius 1 is 1.50 bits per heavy atom. The van der Waals surface area contributed by atoms with Crippen LogP contribution in [0.2, 0.25) is 0 Å². The summed E-state index contributed by atoms with van der Waals surface area (Å²) in [5, 5.41) is 0. The molecule has 18 heavy (non-hydrogen) atoms. The fraction of sp³-hybridized carbons (Fsp3) is 0.571. The minimum Gasteiger partial charge on any atom is -0.329 e. The van der Waals surface area contributed by atoms with E-state index in [1.165, 1.54) is 18.9 Å². The zero-order valence-electron chi connectivity index (χ0n) is 10.7. The number of rotatable bonds is 3. The summed E-state index contributed by atoms with van der Waals surface area (Å²) in [5.74, 6) is 0.552. The SMILES string of the molecule is CC1CCN(Cc2ccc(F)c(Br)c2)C(CN)C1. The monoisotopic (exact) mass is 314 g/mol. The lowest BCUT2D eigenvalue weighted by atomic mass is 9.92. The van der Waals surface area contributed by atoms with Gasteiger partial charge in [0, 0.05) is 19.1 Å². The Morgan fingerprint density at radius 2 is 2.28 bits per heavy atom. The van der Waals surface area contributed by atoms with Crippen molar-refractivity contribution >= 4 is 15.9 Å². The molecule has 0 bridgehead atoms. The number of likely N-dealkylation sites (tertiary alicyclic amines) is 1. The first-order chi connectivity index (χ1) is 8.60. The van der Waals surface area contributed by atoms with Crippen molar-refractivity contribution in [3.63, 3.8) is 0 Å². The number of nitrogens with two attached hydrogens (primary N) is 1. The fourth-order valence-corrected chi connectivity index (χ4v) is 3.05. The normalized spacial score (nSPS) is 25.3. The van der Waals surface area contributed by atoms with Crippen molar-refractivity contribution in [2.24, 2.45) is 11.7 Å². The molecule has 1 aromatic rings. The number of piperidine rings is 1. The van der Waals surface area contributed by atoms with Gasteiger partial charge in [-0.1, -0.05) is 13.0 Å². The van der Waals surface area contributed by atoms with Gasteiger partial charge in [0.05, 0.1) is 4.47 Å². The molecule has 1 fully saturated rings. The minimum absolute atomic E-state index is 0.207. The van der Waals surface area contributed by atoms with E-state index in [2.05, 4.69) is 27.8 Å². The van der Waals surface area contributed by atoms with Crippen LogP contribution in [0.1, 0.15) is 25.3 Å². The van der Waals surface area contributed by atoms with Gasteiger partial charge in [-0.25, -0.2) is 4.39 Å². The standard InChI is InChI=1S/C14H20BrFN2/c1-10-4-5-18(12(6-10)8-17)9-11-2-3-14(16)13(15)7-11/h2-3,7,10,12H,4-6,8-9,17H2,1H3. The van der Waals surface area contributed by atoms with Gasteiger partial charge >= 0.3 is 0 Å². The maximum absolute atomic E-state index is 13.2. The third-order valence-electron chi connectivity index (χ3n) is 3.74. The second-order valence-electron chi connectivity index (χ2n) is 5.24. The van der Waals surface area contributed by atoms with Gasteiger partial charge in [-0.05, 0) is 58.9 Å². The Labute approximate surface area is 116 Å². The molecule has 0 amide bonds. The summed E-state index contributed by atoms with van der Waals surface area (Å²) in [6, 6.07) is 5.69. The lowest BCUT2D eigenvalue weighted by molar-refractivity contribution is 0.115. The molecule has 2 rings (SSSR count). The molecule has 0 radical (unpaired) electrons. The Morgan fingerprint density at radius 3 is 2.94 bits per heavy atom. The van der Waals surface area contributed by atoms with Crippen molar-refractivity contribution < 1.29 is 4.39 Å².